The monoisotopic (exact) mass is 361 g/mol. The van der Waals surface area contributed by atoms with Crippen molar-refractivity contribution in [2.45, 2.75) is 6.04 Å². The van der Waals surface area contributed by atoms with Gasteiger partial charge in [0.25, 0.3) is 0 Å². The highest BCUT2D eigenvalue weighted by Gasteiger charge is 2.22. The third kappa shape index (κ3) is 3.46. The van der Waals surface area contributed by atoms with E-state index in [0.29, 0.717) is 16.8 Å². The predicted molar refractivity (Wildman–Crippen MR) is 103 cm³/mol. The van der Waals surface area contributed by atoms with Crippen LogP contribution in [0.5, 0.6) is 0 Å². The van der Waals surface area contributed by atoms with Crippen molar-refractivity contribution in [2.75, 3.05) is 5.32 Å². The Hall–Kier alpha value is -3.11. The number of benzene rings is 3. The molecule has 0 spiro atoms. The van der Waals surface area contributed by atoms with Crippen molar-refractivity contribution in [3.05, 3.63) is 101 Å². The summed E-state index contributed by atoms with van der Waals surface area (Å²) in [5.41, 5.74) is 2.73. The maximum Gasteiger partial charge on any atom is 0.249 e. The van der Waals surface area contributed by atoms with Crippen molar-refractivity contribution in [3.8, 4) is 11.5 Å². The van der Waals surface area contributed by atoms with Gasteiger partial charge in [-0.05, 0) is 29.8 Å². The molecule has 4 aromatic rings. The average molecular weight is 362 g/mol. The van der Waals surface area contributed by atoms with Crippen molar-refractivity contribution in [3.63, 3.8) is 0 Å². The lowest BCUT2D eigenvalue weighted by Gasteiger charge is -2.16. The van der Waals surface area contributed by atoms with Crippen LogP contribution in [0.25, 0.3) is 11.5 Å². The highest BCUT2D eigenvalue weighted by Crippen LogP contribution is 2.30. The summed E-state index contributed by atoms with van der Waals surface area (Å²) in [6, 6.07) is 27.1. The predicted octanol–water partition coefficient (Wildman–Crippen LogP) is 5.59. The minimum Gasteiger partial charge on any atom is -0.418 e. The van der Waals surface area contributed by atoms with E-state index in [9.17, 15) is 0 Å². The Morgan fingerprint density at radius 1 is 0.769 bits per heavy atom. The van der Waals surface area contributed by atoms with Crippen LogP contribution in [0, 0.1) is 0 Å². The summed E-state index contributed by atoms with van der Waals surface area (Å²) in [4.78, 5) is 0. The summed E-state index contributed by atoms with van der Waals surface area (Å²) in [5, 5.41) is 12.5. The zero-order valence-corrected chi connectivity index (χ0v) is 14.6. The maximum absolute atomic E-state index is 6.25. The minimum absolute atomic E-state index is 0.262. The molecule has 1 N–H and O–H groups in total. The van der Waals surface area contributed by atoms with Crippen molar-refractivity contribution >= 4 is 17.3 Å². The number of aromatic nitrogens is 2. The highest BCUT2D eigenvalue weighted by atomic mass is 35.5. The van der Waals surface area contributed by atoms with Gasteiger partial charge in [0.2, 0.25) is 11.8 Å². The van der Waals surface area contributed by atoms with E-state index in [0.717, 1.165) is 16.8 Å². The summed E-state index contributed by atoms with van der Waals surface area (Å²) < 4.78 is 5.97. The van der Waals surface area contributed by atoms with Crippen LogP contribution in [0.2, 0.25) is 5.02 Å². The molecular formula is C21H16ClN3O. The number of rotatable bonds is 5. The molecule has 128 valence electrons. The fraction of sp³-hybridized carbons (Fsp3) is 0.0476. The Kier molecular flexibility index (Phi) is 4.67. The fourth-order valence-corrected chi connectivity index (χ4v) is 2.95. The Labute approximate surface area is 156 Å². The molecule has 5 heteroatoms. The molecule has 1 atom stereocenters. The minimum atomic E-state index is -0.262. The topological polar surface area (TPSA) is 51.0 Å². The van der Waals surface area contributed by atoms with Gasteiger partial charge in [0.05, 0.1) is 10.6 Å². The standard InChI is InChI=1S/C21H16ClN3O/c22-18-14-8-7-13-17(18)20-24-25-21(26-20)19(15-9-3-1-4-10-15)23-16-11-5-2-6-12-16/h1-14,19,23H. The molecule has 26 heavy (non-hydrogen) atoms. The normalized spacial score (nSPS) is 11.9. The Morgan fingerprint density at radius 3 is 2.15 bits per heavy atom. The van der Waals surface area contributed by atoms with Crippen LogP contribution in [-0.4, -0.2) is 10.2 Å². The molecule has 1 aromatic heterocycles. The molecule has 0 bridgehead atoms. The first kappa shape index (κ1) is 16.4. The number of hydrogen-bond donors (Lipinski definition) is 1. The molecule has 3 aromatic carbocycles. The SMILES string of the molecule is Clc1ccccc1-c1nnc(C(Nc2ccccc2)c2ccccc2)o1. The van der Waals surface area contributed by atoms with Gasteiger partial charge in [-0.3, -0.25) is 0 Å². The van der Waals surface area contributed by atoms with E-state index in [4.69, 9.17) is 16.0 Å². The van der Waals surface area contributed by atoms with Crippen LogP contribution in [0.3, 0.4) is 0 Å². The first-order valence-electron chi connectivity index (χ1n) is 8.26. The first-order valence-corrected chi connectivity index (χ1v) is 8.64. The van der Waals surface area contributed by atoms with E-state index >= 15 is 0 Å². The van der Waals surface area contributed by atoms with Gasteiger partial charge < -0.3 is 9.73 Å². The van der Waals surface area contributed by atoms with Crippen LogP contribution in [0.15, 0.2) is 89.3 Å². The second-order valence-corrected chi connectivity index (χ2v) is 6.19. The lowest BCUT2D eigenvalue weighted by Crippen LogP contribution is -2.12. The first-order chi connectivity index (χ1) is 12.8. The van der Waals surface area contributed by atoms with Crippen molar-refractivity contribution in [1.82, 2.24) is 10.2 Å². The van der Waals surface area contributed by atoms with Gasteiger partial charge >= 0.3 is 0 Å². The molecule has 0 radical (unpaired) electrons. The molecule has 4 rings (SSSR count). The third-order valence-electron chi connectivity index (χ3n) is 4.01. The van der Waals surface area contributed by atoms with Gasteiger partial charge in [-0.25, -0.2) is 0 Å². The zero-order valence-electron chi connectivity index (χ0n) is 13.8. The lowest BCUT2D eigenvalue weighted by atomic mass is 10.1. The molecule has 0 amide bonds. The quantitative estimate of drug-likeness (QED) is 0.503. The largest absolute Gasteiger partial charge is 0.418 e. The van der Waals surface area contributed by atoms with Crippen molar-refractivity contribution < 1.29 is 4.42 Å². The van der Waals surface area contributed by atoms with Crippen molar-refractivity contribution in [1.29, 1.82) is 0 Å². The second kappa shape index (κ2) is 7.42. The summed E-state index contributed by atoms with van der Waals surface area (Å²) in [6.45, 7) is 0. The van der Waals surface area contributed by atoms with E-state index in [1.807, 2.05) is 78.9 Å². The number of nitrogens with one attached hydrogen (secondary N) is 1. The van der Waals surface area contributed by atoms with Gasteiger partial charge in [0.1, 0.15) is 6.04 Å². The fourth-order valence-electron chi connectivity index (χ4n) is 2.73. The summed E-state index contributed by atoms with van der Waals surface area (Å²) in [5.74, 6) is 0.886. The molecule has 0 aliphatic heterocycles. The van der Waals surface area contributed by atoms with Crippen LogP contribution < -0.4 is 5.32 Å². The zero-order chi connectivity index (χ0) is 17.8. The van der Waals surface area contributed by atoms with Gasteiger partial charge in [-0.1, -0.05) is 72.3 Å². The molecule has 0 saturated heterocycles. The van der Waals surface area contributed by atoms with E-state index < -0.39 is 0 Å². The van der Waals surface area contributed by atoms with Crippen LogP contribution >= 0.6 is 11.6 Å². The molecule has 0 saturated carbocycles. The van der Waals surface area contributed by atoms with Gasteiger partial charge in [-0.15, -0.1) is 10.2 Å². The number of hydrogen-bond acceptors (Lipinski definition) is 4. The molecule has 0 aliphatic carbocycles. The Morgan fingerprint density at radius 2 is 1.42 bits per heavy atom. The number of nitrogens with zero attached hydrogens (tertiary/aromatic N) is 2. The van der Waals surface area contributed by atoms with Crippen molar-refractivity contribution in [2.24, 2.45) is 0 Å². The van der Waals surface area contributed by atoms with Crippen LogP contribution in [0.4, 0.5) is 5.69 Å². The molecule has 1 heterocycles. The molecule has 1 unspecified atom stereocenters. The third-order valence-corrected chi connectivity index (χ3v) is 4.34. The van der Waals surface area contributed by atoms with Gasteiger partial charge in [-0.2, -0.15) is 0 Å². The highest BCUT2D eigenvalue weighted by molar-refractivity contribution is 6.33. The smallest absolute Gasteiger partial charge is 0.249 e. The van der Waals surface area contributed by atoms with E-state index in [-0.39, 0.29) is 6.04 Å². The number of anilines is 1. The number of para-hydroxylation sites is 1. The molecule has 0 fully saturated rings. The van der Waals surface area contributed by atoms with Crippen LogP contribution in [-0.2, 0) is 0 Å². The summed E-state index contributed by atoms with van der Waals surface area (Å²) >= 11 is 6.25. The maximum atomic E-state index is 6.25. The van der Waals surface area contributed by atoms with Crippen LogP contribution in [0.1, 0.15) is 17.5 Å². The Balaban J connectivity index is 1.72. The Bertz CT molecular complexity index is 986. The molecular weight excluding hydrogens is 346 g/mol. The van der Waals surface area contributed by atoms with E-state index in [1.165, 1.54) is 0 Å². The van der Waals surface area contributed by atoms with Gasteiger partial charge in [0, 0.05) is 5.69 Å². The van der Waals surface area contributed by atoms with E-state index in [1.54, 1.807) is 6.07 Å². The number of halogens is 1. The van der Waals surface area contributed by atoms with Gasteiger partial charge in [0.15, 0.2) is 0 Å². The molecule has 4 nitrogen and oxygen atoms in total. The summed E-state index contributed by atoms with van der Waals surface area (Å²) in [6.07, 6.45) is 0. The second-order valence-electron chi connectivity index (χ2n) is 5.78. The average Bonchev–Trinajstić information content (AvgIpc) is 3.17. The molecule has 0 aliphatic rings. The lowest BCUT2D eigenvalue weighted by molar-refractivity contribution is 0.494. The van der Waals surface area contributed by atoms with E-state index in [2.05, 4.69) is 15.5 Å². The summed E-state index contributed by atoms with van der Waals surface area (Å²) in [7, 11) is 0.